The van der Waals surface area contributed by atoms with Gasteiger partial charge in [-0.2, -0.15) is 5.10 Å². The highest BCUT2D eigenvalue weighted by Gasteiger charge is 2.33. The quantitative estimate of drug-likeness (QED) is 0.259. The first kappa shape index (κ1) is 26.7. The average molecular weight is 583 g/mol. The van der Waals surface area contributed by atoms with Crippen LogP contribution in [-0.2, 0) is 9.53 Å². The number of thiophene rings is 1. The molecule has 2 aromatic carbocycles. The first-order chi connectivity index (χ1) is 20.0. The van der Waals surface area contributed by atoms with Crippen LogP contribution in [0.3, 0.4) is 0 Å². The van der Waals surface area contributed by atoms with E-state index in [1.165, 1.54) is 11.3 Å². The highest BCUT2D eigenvalue weighted by Crippen LogP contribution is 2.32. The number of thiazole rings is 1. The molecule has 0 aliphatic carbocycles. The van der Waals surface area contributed by atoms with Gasteiger partial charge in [0.1, 0.15) is 11.4 Å². The molecule has 0 saturated carbocycles. The fourth-order valence-corrected chi connectivity index (χ4v) is 6.61. The number of nitrogens with zero attached hydrogens (tertiary/aromatic N) is 4. The van der Waals surface area contributed by atoms with Gasteiger partial charge in [0.2, 0.25) is 0 Å². The summed E-state index contributed by atoms with van der Waals surface area (Å²) in [7, 11) is 1.59. The van der Waals surface area contributed by atoms with Crippen molar-refractivity contribution < 1.29 is 14.3 Å². The van der Waals surface area contributed by atoms with E-state index in [1.807, 2.05) is 89.1 Å². The molecule has 1 atom stereocenters. The van der Waals surface area contributed by atoms with E-state index < -0.39 is 12.0 Å². The van der Waals surface area contributed by atoms with E-state index in [0.717, 1.165) is 27.4 Å². The summed E-state index contributed by atoms with van der Waals surface area (Å²) in [6.07, 6.45) is 3.79. The minimum atomic E-state index is -0.692. The van der Waals surface area contributed by atoms with Gasteiger partial charge in [-0.05, 0) is 61.2 Å². The summed E-state index contributed by atoms with van der Waals surface area (Å²) in [5.41, 5.74) is 3.88. The Kier molecular flexibility index (Phi) is 7.25. The molecule has 5 aromatic rings. The number of carbonyl (C=O) groups excluding carboxylic acids is 1. The molecular formula is C31H26N4O4S2. The average Bonchev–Trinajstić information content (AvgIpc) is 3.73. The van der Waals surface area contributed by atoms with Crippen LogP contribution in [-0.4, -0.2) is 34.0 Å². The summed E-state index contributed by atoms with van der Waals surface area (Å²) in [5.74, 6) is 0.184. The third-order valence-corrected chi connectivity index (χ3v) is 8.61. The van der Waals surface area contributed by atoms with Gasteiger partial charge in [-0.1, -0.05) is 47.7 Å². The smallest absolute Gasteiger partial charge is 0.338 e. The molecule has 41 heavy (non-hydrogen) atoms. The van der Waals surface area contributed by atoms with Gasteiger partial charge in [0, 0.05) is 11.8 Å². The number of allylic oxidation sites excluding steroid dienone is 1. The number of para-hydroxylation sites is 1. The Hall–Kier alpha value is -4.54. The van der Waals surface area contributed by atoms with E-state index >= 15 is 0 Å². The van der Waals surface area contributed by atoms with Gasteiger partial charge >= 0.3 is 5.97 Å². The van der Waals surface area contributed by atoms with Crippen molar-refractivity contribution in [1.29, 1.82) is 0 Å². The largest absolute Gasteiger partial charge is 0.497 e. The molecule has 8 nitrogen and oxygen atoms in total. The van der Waals surface area contributed by atoms with Crippen molar-refractivity contribution in [3.8, 4) is 22.0 Å². The van der Waals surface area contributed by atoms with Crippen LogP contribution < -0.4 is 19.6 Å². The number of hydrogen-bond donors (Lipinski definition) is 0. The van der Waals surface area contributed by atoms with E-state index in [2.05, 4.69) is 4.99 Å². The topological polar surface area (TPSA) is 87.7 Å². The number of hydrogen-bond acceptors (Lipinski definition) is 8. The van der Waals surface area contributed by atoms with E-state index in [-0.39, 0.29) is 12.2 Å². The third kappa shape index (κ3) is 4.96. The zero-order valence-corrected chi connectivity index (χ0v) is 24.2. The van der Waals surface area contributed by atoms with Gasteiger partial charge in [0.25, 0.3) is 5.56 Å². The molecular weight excluding hydrogens is 556 g/mol. The van der Waals surface area contributed by atoms with Crippen molar-refractivity contribution in [3.63, 3.8) is 0 Å². The molecule has 0 radical (unpaired) electrons. The van der Waals surface area contributed by atoms with Gasteiger partial charge in [-0.25, -0.2) is 14.5 Å². The van der Waals surface area contributed by atoms with Gasteiger partial charge < -0.3 is 9.47 Å². The van der Waals surface area contributed by atoms with Crippen molar-refractivity contribution in [2.24, 2.45) is 4.99 Å². The molecule has 0 spiro atoms. The van der Waals surface area contributed by atoms with Gasteiger partial charge in [-0.15, -0.1) is 11.3 Å². The summed E-state index contributed by atoms with van der Waals surface area (Å²) < 4.78 is 14.6. The predicted octanol–water partition coefficient (Wildman–Crippen LogP) is 4.72. The number of carbonyl (C=O) groups is 1. The summed E-state index contributed by atoms with van der Waals surface area (Å²) in [6.45, 7) is 3.75. The molecule has 3 aromatic heterocycles. The van der Waals surface area contributed by atoms with Crippen LogP contribution in [0.2, 0.25) is 0 Å². The number of benzene rings is 2. The maximum atomic E-state index is 14.1. The van der Waals surface area contributed by atoms with Crippen molar-refractivity contribution in [2.45, 2.75) is 19.9 Å². The fraction of sp³-hybridized carbons (Fsp3) is 0.161. The van der Waals surface area contributed by atoms with Crippen LogP contribution in [0.25, 0.3) is 22.3 Å². The number of ether oxygens (including phenoxy) is 2. The van der Waals surface area contributed by atoms with Gasteiger partial charge in [-0.3, -0.25) is 9.36 Å². The SMILES string of the molecule is CCOC(=O)C1=C(C)N=c2s/c(=C\c3cn(-c4ccccc4)nc3-c3cccs3)c(=O)n2[C@H]1c1ccc(OC)cc1. The molecule has 0 fully saturated rings. The number of methoxy groups -OCH3 is 1. The first-order valence-corrected chi connectivity index (χ1v) is 14.7. The zero-order chi connectivity index (χ0) is 28.5. The molecule has 206 valence electrons. The lowest BCUT2D eigenvalue weighted by molar-refractivity contribution is -0.139. The van der Waals surface area contributed by atoms with Crippen molar-refractivity contribution in [3.05, 3.63) is 120 Å². The molecule has 0 saturated heterocycles. The highest BCUT2D eigenvalue weighted by atomic mass is 32.1. The van der Waals surface area contributed by atoms with Crippen LogP contribution in [0, 0.1) is 0 Å². The second-order valence-electron chi connectivity index (χ2n) is 9.27. The van der Waals surface area contributed by atoms with Gasteiger partial charge in [0.05, 0.1) is 46.1 Å². The van der Waals surface area contributed by atoms with E-state index in [4.69, 9.17) is 14.6 Å². The normalized spacial score (nSPS) is 15.0. The van der Waals surface area contributed by atoms with E-state index in [1.54, 1.807) is 36.9 Å². The lowest BCUT2D eigenvalue weighted by Gasteiger charge is -2.24. The Morgan fingerprint density at radius 2 is 1.85 bits per heavy atom. The molecule has 1 aliphatic rings. The summed E-state index contributed by atoms with van der Waals surface area (Å²) >= 11 is 2.88. The Morgan fingerprint density at radius 3 is 2.54 bits per heavy atom. The van der Waals surface area contributed by atoms with Crippen molar-refractivity contribution in [1.82, 2.24) is 14.3 Å². The van der Waals surface area contributed by atoms with Crippen molar-refractivity contribution in [2.75, 3.05) is 13.7 Å². The molecule has 0 bridgehead atoms. The highest BCUT2D eigenvalue weighted by molar-refractivity contribution is 7.13. The summed E-state index contributed by atoms with van der Waals surface area (Å²) in [4.78, 5) is 33.4. The first-order valence-electron chi connectivity index (χ1n) is 13.0. The minimum Gasteiger partial charge on any atom is -0.497 e. The van der Waals surface area contributed by atoms with Gasteiger partial charge in [0.15, 0.2) is 4.80 Å². The molecule has 10 heteroatoms. The molecule has 0 amide bonds. The minimum absolute atomic E-state index is 0.215. The standard InChI is InChI=1S/C31H26N4O4S2/c1-4-39-30(37)26-19(2)32-31-35(28(26)20-12-14-23(38-3)15-13-20)29(36)25(41-31)17-21-18-34(22-9-6-5-7-10-22)33-27(21)24-11-8-16-40-24/h5-18,28H,4H2,1-3H3/b25-17-/t28-/m0/s1. The maximum Gasteiger partial charge on any atom is 0.338 e. The second-order valence-corrected chi connectivity index (χ2v) is 11.2. The fourth-order valence-electron chi connectivity index (χ4n) is 4.85. The van der Waals surface area contributed by atoms with Crippen LogP contribution in [0.5, 0.6) is 5.75 Å². The number of rotatable bonds is 7. The molecule has 4 heterocycles. The molecule has 0 N–H and O–H groups in total. The maximum absolute atomic E-state index is 14.1. The molecule has 1 aliphatic heterocycles. The van der Waals surface area contributed by atoms with E-state index in [9.17, 15) is 9.59 Å². The third-order valence-electron chi connectivity index (χ3n) is 6.75. The van der Waals surface area contributed by atoms with E-state index in [0.29, 0.717) is 26.4 Å². The number of esters is 1. The van der Waals surface area contributed by atoms with Crippen LogP contribution in [0.4, 0.5) is 0 Å². The summed E-state index contributed by atoms with van der Waals surface area (Å²) in [6, 6.07) is 20.5. The Labute approximate surface area is 243 Å². The monoisotopic (exact) mass is 582 g/mol. The van der Waals surface area contributed by atoms with Crippen molar-refractivity contribution >= 4 is 34.7 Å². The van der Waals surface area contributed by atoms with Crippen LogP contribution >= 0.6 is 22.7 Å². The predicted molar refractivity (Wildman–Crippen MR) is 160 cm³/mol. The Bertz CT molecular complexity index is 1930. The molecule has 0 unspecified atom stereocenters. The Morgan fingerprint density at radius 1 is 1.07 bits per heavy atom. The zero-order valence-electron chi connectivity index (χ0n) is 22.6. The molecule has 6 rings (SSSR count). The summed E-state index contributed by atoms with van der Waals surface area (Å²) in [5, 5.41) is 6.87. The Balaban J connectivity index is 1.54. The van der Waals surface area contributed by atoms with Crippen LogP contribution in [0.15, 0.2) is 99.4 Å². The lowest BCUT2D eigenvalue weighted by Crippen LogP contribution is -2.39. The number of fused-ring (bicyclic) bond motifs is 1. The second kappa shape index (κ2) is 11.1. The van der Waals surface area contributed by atoms with Crippen LogP contribution in [0.1, 0.15) is 31.0 Å². The lowest BCUT2D eigenvalue weighted by atomic mass is 9.96. The number of aromatic nitrogens is 3.